The van der Waals surface area contributed by atoms with Gasteiger partial charge in [-0.2, -0.15) is 0 Å². The molecule has 28 heavy (non-hydrogen) atoms. The van der Waals surface area contributed by atoms with E-state index in [0.29, 0.717) is 18.7 Å². The van der Waals surface area contributed by atoms with Crippen LogP contribution in [0.1, 0.15) is 10.4 Å². The van der Waals surface area contributed by atoms with Gasteiger partial charge in [-0.1, -0.05) is 18.2 Å². The predicted octanol–water partition coefficient (Wildman–Crippen LogP) is 2.72. The molecule has 1 amide bonds. The molecule has 0 atom stereocenters. The molecule has 0 saturated carbocycles. The van der Waals surface area contributed by atoms with Gasteiger partial charge in [-0.05, 0) is 24.3 Å². The lowest BCUT2D eigenvalue weighted by molar-refractivity contribution is 0.0745. The SMILES string of the molecule is O=C(c1cnc(Nc2ccccc2F)nc1)N1CCN(c2ccccn2)CC1. The van der Waals surface area contributed by atoms with Gasteiger partial charge in [0.15, 0.2) is 0 Å². The number of carbonyl (C=O) groups is 1. The van der Waals surface area contributed by atoms with E-state index in [4.69, 9.17) is 0 Å². The number of hydrogen-bond acceptors (Lipinski definition) is 6. The van der Waals surface area contributed by atoms with Crippen molar-refractivity contribution < 1.29 is 9.18 Å². The quantitative estimate of drug-likeness (QED) is 0.753. The van der Waals surface area contributed by atoms with Gasteiger partial charge in [0.2, 0.25) is 5.95 Å². The molecular formula is C20H19FN6O. The van der Waals surface area contributed by atoms with Gasteiger partial charge < -0.3 is 15.1 Å². The molecular weight excluding hydrogens is 359 g/mol. The highest BCUT2D eigenvalue weighted by Gasteiger charge is 2.23. The highest BCUT2D eigenvalue weighted by molar-refractivity contribution is 5.93. The number of aromatic nitrogens is 3. The second-order valence-electron chi connectivity index (χ2n) is 6.37. The molecule has 1 fully saturated rings. The molecule has 1 N–H and O–H groups in total. The van der Waals surface area contributed by atoms with Crippen LogP contribution in [0.25, 0.3) is 0 Å². The minimum absolute atomic E-state index is 0.113. The summed E-state index contributed by atoms with van der Waals surface area (Å²) in [5.41, 5.74) is 0.692. The zero-order chi connectivity index (χ0) is 19.3. The van der Waals surface area contributed by atoms with Crippen molar-refractivity contribution in [2.75, 3.05) is 36.4 Å². The number of rotatable bonds is 4. The monoisotopic (exact) mass is 378 g/mol. The van der Waals surface area contributed by atoms with E-state index in [-0.39, 0.29) is 17.5 Å². The summed E-state index contributed by atoms with van der Waals surface area (Å²) in [6, 6.07) is 12.1. The Hall–Kier alpha value is -3.55. The number of nitrogens with one attached hydrogen (secondary N) is 1. The number of para-hydroxylation sites is 1. The molecule has 0 spiro atoms. The summed E-state index contributed by atoms with van der Waals surface area (Å²) in [7, 11) is 0. The van der Waals surface area contributed by atoms with Crippen molar-refractivity contribution in [3.63, 3.8) is 0 Å². The first-order valence-electron chi connectivity index (χ1n) is 8.99. The first-order valence-corrected chi connectivity index (χ1v) is 8.99. The summed E-state index contributed by atoms with van der Waals surface area (Å²) in [5, 5.41) is 2.81. The van der Waals surface area contributed by atoms with Crippen LogP contribution in [0.4, 0.5) is 21.8 Å². The zero-order valence-corrected chi connectivity index (χ0v) is 15.1. The van der Waals surface area contributed by atoms with Gasteiger partial charge >= 0.3 is 0 Å². The second-order valence-corrected chi connectivity index (χ2v) is 6.37. The number of nitrogens with zero attached hydrogens (tertiary/aromatic N) is 5. The normalized spacial score (nSPS) is 14.0. The van der Waals surface area contributed by atoms with Gasteiger partial charge in [0.05, 0.1) is 11.3 Å². The predicted molar refractivity (Wildman–Crippen MR) is 104 cm³/mol. The van der Waals surface area contributed by atoms with E-state index >= 15 is 0 Å². The Morgan fingerprint density at radius 2 is 1.64 bits per heavy atom. The summed E-state index contributed by atoms with van der Waals surface area (Å²) in [6.07, 6.45) is 4.69. The molecule has 7 nitrogen and oxygen atoms in total. The van der Waals surface area contributed by atoms with E-state index < -0.39 is 5.82 Å². The van der Waals surface area contributed by atoms with Gasteiger partial charge in [-0.3, -0.25) is 4.79 Å². The van der Waals surface area contributed by atoms with Crippen LogP contribution < -0.4 is 10.2 Å². The van der Waals surface area contributed by atoms with Crippen molar-refractivity contribution in [1.82, 2.24) is 19.9 Å². The second kappa shape index (κ2) is 7.99. The molecule has 3 aromatic rings. The van der Waals surface area contributed by atoms with Crippen LogP contribution in [-0.2, 0) is 0 Å². The molecule has 1 saturated heterocycles. The van der Waals surface area contributed by atoms with Gasteiger partial charge in [-0.15, -0.1) is 0 Å². The maximum atomic E-state index is 13.7. The Morgan fingerprint density at radius 3 is 2.32 bits per heavy atom. The molecule has 4 rings (SSSR count). The third kappa shape index (κ3) is 3.90. The number of carbonyl (C=O) groups excluding carboxylic acids is 1. The molecule has 0 bridgehead atoms. The Bertz CT molecular complexity index is 942. The van der Waals surface area contributed by atoms with Crippen molar-refractivity contribution in [3.05, 3.63) is 72.4 Å². The lowest BCUT2D eigenvalue weighted by Gasteiger charge is -2.35. The number of hydrogen-bond donors (Lipinski definition) is 1. The van der Waals surface area contributed by atoms with Crippen molar-refractivity contribution in [2.45, 2.75) is 0 Å². The van der Waals surface area contributed by atoms with Gasteiger partial charge in [-0.25, -0.2) is 19.3 Å². The smallest absolute Gasteiger partial charge is 0.257 e. The molecule has 0 radical (unpaired) electrons. The summed E-state index contributed by atoms with van der Waals surface area (Å²) >= 11 is 0. The minimum Gasteiger partial charge on any atom is -0.353 e. The number of pyridine rings is 1. The Kier molecular flexibility index (Phi) is 5.09. The Labute approximate surface area is 161 Å². The average Bonchev–Trinajstić information content (AvgIpc) is 2.76. The van der Waals surface area contributed by atoms with Gasteiger partial charge in [0.1, 0.15) is 11.6 Å². The zero-order valence-electron chi connectivity index (χ0n) is 15.1. The summed E-state index contributed by atoms with van der Waals surface area (Å²) < 4.78 is 13.7. The Balaban J connectivity index is 1.37. The number of benzene rings is 1. The average molecular weight is 378 g/mol. The maximum Gasteiger partial charge on any atom is 0.257 e. The summed E-state index contributed by atoms with van der Waals surface area (Å²) in [4.78, 5) is 29.3. The number of halogens is 1. The molecule has 0 aliphatic carbocycles. The minimum atomic E-state index is -0.392. The maximum absolute atomic E-state index is 13.7. The summed E-state index contributed by atoms with van der Waals surface area (Å²) in [6.45, 7) is 2.64. The van der Waals surface area contributed by atoms with Crippen LogP contribution in [-0.4, -0.2) is 51.9 Å². The van der Waals surface area contributed by atoms with E-state index in [1.165, 1.54) is 18.5 Å². The van der Waals surface area contributed by atoms with Crippen molar-refractivity contribution in [3.8, 4) is 0 Å². The fourth-order valence-corrected chi connectivity index (χ4v) is 3.05. The fraction of sp³-hybridized carbons (Fsp3) is 0.200. The molecule has 3 heterocycles. The van der Waals surface area contributed by atoms with Crippen LogP contribution in [0.5, 0.6) is 0 Å². The molecule has 142 valence electrons. The van der Waals surface area contributed by atoms with E-state index in [1.807, 2.05) is 18.2 Å². The molecule has 2 aromatic heterocycles. The standard InChI is InChI=1S/C20H19FN6O/c21-16-5-1-2-6-17(16)25-20-23-13-15(14-24-20)19(28)27-11-9-26(10-12-27)18-7-3-4-8-22-18/h1-8,13-14H,9-12H2,(H,23,24,25). The first-order chi connectivity index (χ1) is 13.7. The Morgan fingerprint density at radius 1 is 0.929 bits per heavy atom. The van der Waals surface area contributed by atoms with Crippen LogP contribution in [0.3, 0.4) is 0 Å². The van der Waals surface area contributed by atoms with E-state index in [2.05, 4.69) is 25.2 Å². The number of piperazine rings is 1. The van der Waals surface area contributed by atoms with Gasteiger partial charge in [0, 0.05) is 44.8 Å². The molecule has 0 unspecified atom stereocenters. The van der Waals surface area contributed by atoms with Crippen LogP contribution in [0.2, 0.25) is 0 Å². The van der Waals surface area contributed by atoms with E-state index in [1.54, 1.807) is 29.3 Å². The van der Waals surface area contributed by atoms with Crippen LogP contribution in [0, 0.1) is 5.82 Å². The molecule has 8 heteroatoms. The number of amides is 1. The third-order valence-electron chi connectivity index (χ3n) is 4.56. The largest absolute Gasteiger partial charge is 0.353 e. The van der Waals surface area contributed by atoms with E-state index in [0.717, 1.165) is 18.9 Å². The van der Waals surface area contributed by atoms with Gasteiger partial charge in [0.25, 0.3) is 5.91 Å². The fourth-order valence-electron chi connectivity index (χ4n) is 3.05. The molecule has 1 aliphatic rings. The molecule has 1 aliphatic heterocycles. The first kappa shape index (κ1) is 17.8. The third-order valence-corrected chi connectivity index (χ3v) is 4.56. The highest BCUT2D eigenvalue weighted by Crippen LogP contribution is 2.17. The lowest BCUT2D eigenvalue weighted by atomic mass is 10.2. The van der Waals surface area contributed by atoms with Crippen molar-refractivity contribution in [1.29, 1.82) is 0 Å². The van der Waals surface area contributed by atoms with Crippen molar-refractivity contribution >= 4 is 23.4 Å². The van der Waals surface area contributed by atoms with Crippen LogP contribution >= 0.6 is 0 Å². The lowest BCUT2D eigenvalue weighted by Crippen LogP contribution is -2.49. The number of anilines is 3. The van der Waals surface area contributed by atoms with Crippen LogP contribution in [0.15, 0.2) is 61.1 Å². The summed E-state index contributed by atoms with van der Waals surface area (Å²) in [5.74, 6) is 0.651. The highest BCUT2D eigenvalue weighted by atomic mass is 19.1. The van der Waals surface area contributed by atoms with E-state index in [9.17, 15) is 9.18 Å². The van der Waals surface area contributed by atoms with Crippen molar-refractivity contribution in [2.24, 2.45) is 0 Å². The topological polar surface area (TPSA) is 74.2 Å². The molecule has 1 aromatic carbocycles.